The molecule has 6 heteroatoms. The van der Waals surface area contributed by atoms with E-state index in [9.17, 15) is 9.59 Å². The topological polar surface area (TPSA) is 61.9 Å². The van der Waals surface area contributed by atoms with Crippen molar-refractivity contribution < 1.29 is 14.3 Å². The first-order chi connectivity index (χ1) is 14.9. The summed E-state index contributed by atoms with van der Waals surface area (Å²) in [5.74, 6) is 0.724. The second-order valence-electron chi connectivity index (χ2n) is 8.64. The number of nitrogens with zero attached hydrogens (tertiary/aromatic N) is 2. The summed E-state index contributed by atoms with van der Waals surface area (Å²) in [6, 6.07) is 13.8. The standard InChI is InChI=1S/C25H31N3O3/c1-4-21-16-28(22-7-5-6-8-23(22)31-21)25(30)27-11-9-19(10-12-27)24(29)26-20-14-17(2)13-18(3)15-20/h5-8,13-15,19,21H,4,9-12,16H2,1-3H3,(H,26,29)/t21-/m1/s1. The van der Waals surface area contributed by atoms with Gasteiger partial charge in [0.25, 0.3) is 0 Å². The first-order valence-electron chi connectivity index (χ1n) is 11.2. The first-order valence-corrected chi connectivity index (χ1v) is 11.2. The Balaban J connectivity index is 1.38. The highest BCUT2D eigenvalue weighted by molar-refractivity contribution is 5.95. The minimum absolute atomic E-state index is 0.0000438. The molecule has 6 nitrogen and oxygen atoms in total. The van der Waals surface area contributed by atoms with E-state index in [0.717, 1.165) is 34.7 Å². The molecule has 0 bridgehead atoms. The van der Waals surface area contributed by atoms with E-state index < -0.39 is 0 Å². The number of hydrogen-bond acceptors (Lipinski definition) is 3. The van der Waals surface area contributed by atoms with Crippen LogP contribution in [-0.2, 0) is 4.79 Å². The fraction of sp³-hybridized carbons (Fsp3) is 0.440. The van der Waals surface area contributed by atoms with Gasteiger partial charge in [-0.15, -0.1) is 0 Å². The summed E-state index contributed by atoms with van der Waals surface area (Å²) in [7, 11) is 0. The molecule has 2 aliphatic rings. The summed E-state index contributed by atoms with van der Waals surface area (Å²) < 4.78 is 6.01. The molecule has 2 aromatic carbocycles. The summed E-state index contributed by atoms with van der Waals surface area (Å²) in [5, 5.41) is 3.06. The largest absolute Gasteiger partial charge is 0.486 e. The van der Waals surface area contributed by atoms with Gasteiger partial charge in [0.15, 0.2) is 0 Å². The number of likely N-dealkylation sites (tertiary alicyclic amines) is 1. The zero-order chi connectivity index (χ0) is 22.0. The number of piperidine rings is 1. The molecule has 2 aromatic rings. The third kappa shape index (κ3) is 4.68. The number of benzene rings is 2. The van der Waals surface area contributed by atoms with E-state index in [0.29, 0.717) is 32.5 Å². The molecule has 1 saturated heterocycles. The highest BCUT2D eigenvalue weighted by atomic mass is 16.5. The number of para-hydroxylation sites is 2. The maximum Gasteiger partial charge on any atom is 0.324 e. The van der Waals surface area contributed by atoms with Crippen LogP contribution < -0.4 is 15.0 Å². The van der Waals surface area contributed by atoms with Gasteiger partial charge in [-0.05, 0) is 68.5 Å². The number of amides is 3. The molecule has 2 heterocycles. The summed E-state index contributed by atoms with van der Waals surface area (Å²) in [6.45, 7) is 7.85. The van der Waals surface area contributed by atoms with Crippen molar-refractivity contribution >= 4 is 23.3 Å². The summed E-state index contributed by atoms with van der Waals surface area (Å²) >= 11 is 0. The van der Waals surface area contributed by atoms with Gasteiger partial charge < -0.3 is 15.0 Å². The number of aryl methyl sites for hydroxylation is 2. The predicted octanol–water partition coefficient (Wildman–Crippen LogP) is 4.75. The summed E-state index contributed by atoms with van der Waals surface area (Å²) in [4.78, 5) is 29.8. The molecule has 0 saturated carbocycles. The number of nitrogens with one attached hydrogen (secondary N) is 1. The van der Waals surface area contributed by atoms with Gasteiger partial charge in [0, 0.05) is 24.7 Å². The van der Waals surface area contributed by atoms with Gasteiger partial charge in [-0.3, -0.25) is 9.69 Å². The lowest BCUT2D eigenvalue weighted by Gasteiger charge is -2.39. The van der Waals surface area contributed by atoms with Crippen LogP contribution >= 0.6 is 0 Å². The van der Waals surface area contributed by atoms with Crippen molar-refractivity contribution in [3.63, 3.8) is 0 Å². The van der Waals surface area contributed by atoms with Crippen LogP contribution in [0.3, 0.4) is 0 Å². The van der Waals surface area contributed by atoms with E-state index in [1.54, 1.807) is 0 Å². The number of hydrogen-bond donors (Lipinski definition) is 1. The Morgan fingerprint density at radius 3 is 2.42 bits per heavy atom. The van der Waals surface area contributed by atoms with E-state index in [4.69, 9.17) is 4.74 Å². The molecule has 4 rings (SSSR count). The summed E-state index contributed by atoms with van der Waals surface area (Å²) in [6.07, 6.45) is 2.19. The third-order valence-electron chi connectivity index (χ3n) is 6.15. The molecule has 3 amide bonds. The van der Waals surface area contributed by atoms with Crippen molar-refractivity contribution in [2.45, 2.75) is 46.1 Å². The number of fused-ring (bicyclic) bond motifs is 1. The first kappa shape index (κ1) is 21.2. The molecule has 0 aliphatic carbocycles. The fourth-order valence-corrected chi connectivity index (χ4v) is 4.49. The number of urea groups is 1. The minimum Gasteiger partial charge on any atom is -0.486 e. The lowest BCUT2D eigenvalue weighted by Crippen LogP contribution is -2.52. The van der Waals surface area contributed by atoms with E-state index in [-0.39, 0.29) is 24.0 Å². The zero-order valence-electron chi connectivity index (χ0n) is 18.6. The van der Waals surface area contributed by atoms with Crippen LogP contribution in [0.15, 0.2) is 42.5 Å². The van der Waals surface area contributed by atoms with Gasteiger partial charge in [-0.1, -0.05) is 25.1 Å². The average molecular weight is 422 g/mol. The quantitative estimate of drug-likeness (QED) is 0.778. The summed E-state index contributed by atoms with van der Waals surface area (Å²) in [5.41, 5.74) is 3.93. The molecule has 2 aliphatic heterocycles. The van der Waals surface area contributed by atoms with Crippen molar-refractivity contribution in [1.29, 1.82) is 0 Å². The van der Waals surface area contributed by atoms with Crippen LogP contribution in [0.1, 0.15) is 37.3 Å². The Morgan fingerprint density at radius 2 is 1.74 bits per heavy atom. The smallest absolute Gasteiger partial charge is 0.324 e. The van der Waals surface area contributed by atoms with Crippen LogP contribution in [0.4, 0.5) is 16.2 Å². The fourth-order valence-electron chi connectivity index (χ4n) is 4.49. The normalized spacial score (nSPS) is 18.9. The molecular weight excluding hydrogens is 390 g/mol. The van der Waals surface area contributed by atoms with Gasteiger partial charge >= 0.3 is 6.03 Å². The monoisotopic (exact) mass is 421 g/mol. The van der Waals surface area contributed by atoms with E-state index in [1.807, 2.05) is 60.0 Å². The lowest BCUT2D eigenvalue weighted by molar-refractivity contribution is -0.121. The van der Waals surface area contributed by atoms with Crippen LogP contribution in [0.2, 0.25) is 0 Å². The van der Waals surface area contributed by atoms with Crippen LogP contribution in [0.25, 0.3) is 0 Å². The Hall–Kier alpha value is -3.02. The van der Waals surface area contributed by atoms with Gasteiger partial charge in [-0.25, -0.2) is 4.79 Å². The second-order valence-corrected chi connectivity index (χ2v) is 8.64. The SMILES string of the molecule is CC[C@@H]1CN(C(=O)N2CCC(C(=O)Nc3cc(C)cc(C)c3)CC2)c2ccccc2O1. The highest BCUT2D eigenvalue weighted by Gasteiger charge is 2.34. The van der Waals surface area contributed by atoms with Crippen molar-refractivity contribution in [3.05, 3.63) is 53.6 Å². The zero-order valence-corrected chi connectivity index (χ0v) is 18.6. The average Bonchev–Trinajstić information content (AvgIpc) is 2.77. The second kappa shape index (κ2) is 9.00. The van der Waals surface area contributed by atoms with E-state index in [2.05, 4.69) is 18.3 Å². The van der Waals surface area contributed by atoms with E-state index in [1.165, 1.54) is 0 Å². The van der Waals surface area contributed by atoms with Crippen molar-refractivity contribution in [2.75, 3.05) is 29.9 Å². The third-order valence-corrected chi connectivity index (χ3v) is 6.15. The van der Waals surface area contributed by atoms with Crippen LogP contribution in [0, 0.1) is 19.8 Å². The number of anilines is 2. The molecule has 0 radical (unpaired) electrons. The number of ether oxygens (including phenoxy) is 1. The molecule has 1 fully saturated rings. The van der Waals surface area contributed by atoms with E-state index >= 15 is 0 Å². The van der Waals surface area contributed by atoms with Crippen molar-refractivity contribution in [2.24, 2.45) is 5.92 Å². The van der Waals surface area contributed by atoms with Crippen molar-refractivity contribution in [3.8, 4) is 5.75 Å². The Bertz CT molecular complexity index is 946. The Kier molecular flexibility index (Phi) is 6.16. The maximum absolute atomic E-state index is 13.3. The number of carbonyl (C=O) groups excluding carboxylic acids is 2. The molecule has 31 heavy (non-hydrogen) atoms. The van der Waals surface area contributed by atoms with Crippen LogP contribution in [0.5, 0.6) is 5.75 Å². The molecular formula is C25H31N3O3. The molecule has 0 spiro atoms. The maximum atomic E-state index is 13.3. The van der Waals surface area contributed by atoms with Gasteiger partial charge in [0.2, 0.25) is 5.91 Å². The predicted molar refractivity (Wildman–Crippen MR) is 123 cm³/mol. The molecule has 1 atom stereocenters. The van der Waals surface area contributed by atoms with Crippen molar-refractivity contribution in [1.82, 2.24) is 4.90 Å². The molecule has 0 aromatic heterocycles. The number of rotatable bonds is 3. The van der Waals surface area contributed by atoms with Crippen LogP contribution in [-0.4, -0.2) is 42.6 Å². The molecule has 0 unspecified atom stereocenters. The Labute approximate surface area is 184 Å². The highest BCUT2D eigenvalue weighted by Crippen LogP contribution is 2.35. The number of carbonyl (C=O) groups is 2. The van der Waals surface area contributed by atoms with Gasteiger partial charge in [-0.2, -0.15) is 0 Å². The van der Waals surface area contributed by atoms with Gasteiger partial charge in [0.05, 0.1) is 12.2 Å². The lowest BCUT2D eigenvalue weighted by atomic mass is 9.95. The molecule has 1 N–H and O–H groups in total. The Morgan fingerprint density at radius 1 is 1.06 bits per heavy atom. The molecule has 164 valence electrons. The van der Waals surface area contributed by atoms with Gasteiger partial charge in [0.1, 0.15) is 11.9 Å². The minimum atomic E-state index is -0.0785.